The number of hydrogen-bond donors (Lipinski definition) is 0. The Balaban J connectivity index is 1.40. The van der Waals surface area contributed by atoms with Gasteiger partial charge in [0.2, 0.25) is 0 Å². The summed E-state index contributed by atoms with van der Waals surface area (Å²) in [6.07, 6.45) is 0. The van der Waals surface area contributed by atoms with E-state index in [-0.39, 0.29) is 0 Å². The highest BCUT2D eigenvalue weighted by molar-refractivity contribution is 6.10. The second-order valence-electron chi connectivity index (χ2n) is 12.6. The molecule has 2 nitrogen and oxygen atoms in total. The van der Waals surface area contributed by atoms with Crippen LogP contribution >= 0.6 is 0 Å². The maximum absolute atomic E-state index is 6.56. The molecule has 0 bridgehead atoms. The maximum atomic E-state index is 6.56. The number of benzene rings is 8. The van der Waals surface area contributed by atoms with E-state index in [0.29, 0.717) is 0 Å². The number of hydrogen-bond acceptors (Lipinski definition) is 2. The number of fused-ring (bicyclic) bond motifs is 4. The van der Waals surface area contributed by atoms with Crippen LogP contribution in [0.25, 0.3) is 66.1 Å². The predicted octanol–water partition coefficient (Wildman–Crippen LogP) is 13.5. The van der Waals surface area contributed by atoms with Crippen LogP contribution in [-0.4, -0.2) is 0 Å². The molecular formula is C47H33NO. The molecule has 1 aromatic heterocycles. The van der Waals surface area contributed by atoms with Crippen molar-refractivity contribution in [2.45, 2.75) is 6.92 Å². The number of anilines is 3. The van der Waals surface area contributed by atoms with Crippen LogP contribution in [0.1, 0.15) is 5.56 Å². The predicted molar refractivity (Wildman–Crippen MR) is 207 cm³/mol. The molecule has 0 spiro atoms. The van der Waals surface area contributed by atoms with Gasteiger partial charge in [0.15, 0.2) is 0 Å². The number of rotatable bonds is 6. The summed E-state index contributed by atoms with van der Waals surface area (Å²) in [6.45, 7) is 2.15. The Kier molecular flexibility index (Phi) is 7.06. The van der Waals surface area contributed by atoms with Crippen molar-refractivity contribution in [1.82, 2.24) is 0 Å². The standard InChI is InChI=1S/C47H33NO/c1-32-14-13-23-44-46(32)41-28-26-38(31-45(41)49-44)48(42-29-25-35-19-11-12-22-40(35)47(42)36-20-9-4-10-21-36)43-30-37(33-15-5-2-6-16-33)24-27-39(43)34-17-7-3-8-18-34/h2-31H,1H3. The average molecular weight is 628 g/mol. The van der Waals surface area contributed by atoms with Crippen LogP contribution in [0.4, 0.5) is 17.1 Å². The molecule has 2 heteroatoms. The van der Waals surface area contributed by atoms with Crippen molar-refractivity contribution in [3.8, 4) is 33.4 Å². The first-order valence-electron chi connectivity index (χ1n) is 16.8. The third kappa shape index (κ3) is 5.06. The van der Waals surface area contributed by atoms with Gasteiger partial charge in [-0.3, -0.25) is 0 Å². The van der Waals surface area contributed by atoms with Crippen LogP contribution in [-0.2, 0) is 0 Å². The minimum atomic E-state index is 0.870. The Morgan fingerprint density at radius 1 is 0.429 bits per heavy atom. The summed E-state index contributed by atoms with van der Waals surface area (Å²) in [4.78, 5) is 2.43. The van der Waals surface area contributed by atoms with E-state index < -0.39 is 0 Å². The van der Waals surface area contributed by atoms with E-state index in [2.05, 4.69) is 194 Å². The van der Waals surface area contributed by atoms with Gasteiger partial charge in [-0.2, -0.15) is 0 Å². The zero-order valence-corrected chi connectivity index (χ0v) is 27.2. The Hall–Kier alpha value is -6.38. The molecule has 0 saturated heterocycles. The molecule has 0 saturated carbocycles. The van der Waals surface area contributed by atoms with Crippen molar-refractivity contribution in [1.29, 1.82) is 0 Å². The molecule has 0 N–H and O–H groups in total. The van der Waals surface area contributed by atoms with Crippen LogP contribution in [0.15, 0.2) is 186 Å². The highest BCUT2D eigenvalue weighted by Gasteiger charge is 2.24. The monoisotopic (exact) mass is 627 g/mol. The molecule has 0 aliphatic heterocycles. The van der Waals surface area contributed by atoms with Crippen molar-refractivity contribution in [3.63, 3.8) is 0 Å². The smallest absolute Gasteiger partial charge is 0.137 e. The minimum Gasteiger partial charge on any atom is -0.456 e. The lowest BCUT2D eigenvalue weighted by atomic mass is 9.93. The first-order chi connectivity index (χ1) is 24.2. The fourth-order valence-corrected chi connectivity index (χ4v) is 7.28. The Morgan fingerprint density at radius 2 is 1.12 bits per heavy atom. The molecule has 9 aromatic rings. The van der Waals surface area contributed by atoms with Gasteiger partial charge in [-0.1, -0.05) is 146 Å². The van der Waals surface area contributed by atoms with Crippen LogP contribution in [0, 0.1) is 6.92 Å². The molecule has 232 valence electrons. The summed E-state index contributed by atoms with van der Waals surface area (Å²) < 4.78 is 6.56. The summed E-state index contributed by atoms with van der Waals surface area (Å²) in [5.74, 6) is 0. The van der Waals surface area contributed by atoms with E-state index in [1.807, 2.05) is 0 Å². The lowest BCUT2D eigenvalue weighted by Gasteiger charge is -2.31. The van der Waals surface area contributed by atoms with E-state index in [1.165, 1.54) is 38.4 Å². The van der Waals surface area contributed by atoms with Gasteiger partial charge in [0.1, 0.15) is 11.2 Å². The van der Waals surface area contributed by atoms with Crippen molar-refractivity contribution in [2.75, 3.05) is 4.90 Å². The van der Waals surface area contributed by atoms with Gasteiger partial charge in [-0.25, -0.2) is 0 Å². The number of aryl methyl sites for hydroxylation is 1. The molecule has 0 unspecified atom stereocenters. The van der Waals surface area contributed by atoms with Gasteiger partial charge in [0.05, 0.1) is 11.4 Å². The van der Waals surface area contributed by atoms with Crippen molar-refractivity contribution >= 4 is 49.8 Å². The molecule has 9 rings (SSSR count). The van der Waals surface area contributed by atoms with Gasteiger partial charge in [-0.05, 0) is 75.8 Å². The summed E-state index contributed by atoms with van der Waals surface area (Å²) in [6, 6.07) is 65.1. The normalized spacial score (nSPS) is 11.4. The second-order valence-corrected chi connectivity index (χ2v) is 12.6. The topological polar surface area (TPSA) is 16.4 Å². The second kappa shape index (κ2) is 12.0. The number of nitrogens with zero attached hydrogens (tertiary/aromatic N) is 1. The molecule has 0 aliphatic carbocycles. The van der Waals surface area contributed by atoms with E-state index in [1.54, 1.807) is 0 Å². The molecule has 0 radical (unpaired) electrons. The van der Waals surface area contributed by atoms with Crippen LogP contribution in [0.5, 0.6) is 0 Å². The molecular weight excluding hydrogens is 595 g/mol. The van der Waals surface area contributed by atoms with Crippen LogP contribution in [0.2, 0.25) is 0 Å². The quantitative estimate of drug-likeness (QED) is 0.182. The zero-order chi connectivity index (χ0) is 32.7. The van der Waals surface area contributed by atoms with Crippen LogP contribution < -0.4 is 4.90 Å². The lowest BCUT2D eigenvalue weighted by molar-refractivity contribution is 0.669. The molecule has 1 heterocycles. The molecule has 49 heavy (non-hydrogen) atoms. The Labute approximate surface area is 286 Å². The largest absolute Gasteiger partial charge is 0.456 e. The van der Waals surface area contributed by atoms with Crippen molar-refractivity contribution in [2.24, 2.45) is 0 Å². The third-order valence-corrected chi connectivity index (χ3v) is 9.59. The highest BCUT2D eigenvalue weighted by atomic mass is 16.3. The molecule has 0 fully saturated rings. The first kappa shape index (κ1) is 28.8. The minimum absolute atomic E-state index is 0.870. The average Bonchev–Trinajstić information content (AvgIpc) is 3.55. The fourth-order valence-electron chi connectivity index (χ4n) is 7.28. The number of furan rings is 1. The Bertz CT molecular complexity index is 2600. The van der Waals surface area contributed by atoms with Crippen molar-refractivity contribution < 1.29 is 4.42 Å². The van der Waals surface area contributed by atoms with Gasteiger partial charge in [-0.15, -0.1) is 0 Å². The van der Waals surface area contributed by atoms with E-state index in [4.69, 9.17) is 4.42 Å². The molecule has 0 atom stereocenters. The van der Waals surface area contributed by atoms with Crippen molar-refractivity contribution in [3.05, 3.63) is 188 Å². The summed E-state index contributed by atoms with van der Waals surface area (Å²) in [7, 11) is 0. The zero-order valence-electron chi connectivity index (χ0n) is 27.2. The molecule has 0 aliphatic rings. The highest BCUT2D eigenvalue weighted by Crippen LogP contribution is 2.49. The first-order valence-corrected chi connectivity index (χ1v) is 16.8. The van der Waals surface area contributed by atoms with E-state index in [9.17, 15) is 0 Å². The summed E-state index contributed by atoms with van der Waals surface area (Å²) >= 11 is 0. The van der Waals surface area contributed by atoms with Gasteiger partial charge < -0.3 is 9.32 Å². The third-order valence-electron chi connectivity index (χ3n) is 9.59. The summed E-state index contributed by atoms with van der Waals surface area (Å²) in [5, 5.41) is 4.70. The van der Waals surface area contributed by atoms with Crippen LogP contribution in [0.3, 0.4) is 0 Å². The van der Waals surface area contributed by atoms with Gasteiger partial charge in [0, 0.05) is 33.7 Å². The van der Waals surface area contributed by atoms with Gasteiger partial charge in [0.25, 0.3) is 0 Å². The fraction of sp³-hybridized carbons (Fsp3) is 0.0213. The lowest BCUT2D eigenvalue weighted by Crippen LogP contribution is -2.13. The maximum Gasteiger partial charge on any atom is 0.137 e. The van der Waals surface area contributed by atoms with E-state index >= 15 is 0 Å². The Morgan fingerprint density at radius 3 is 1.90 bits per heavy atom. The SMILES string of the molecule is Cc1cccc2oc3cc(N(c4cc(-c5ccccc5)ccc4-c4ccccc4)c4ccc5ccccc5c4-c4ccccc4)ccc3c12. The molecule has 8 aromatic carbocycles. The molecule has 0 amide bonds. The van der Waals surface area contributed by atoms with E-state index in [0.717, 1.165) is 50.3 Å². The summed E-state index contributed by atoms with van der Waals surface area (Å²) in [5.41, 5.74) is 13.2. The van der Waals surface area contributed by atoms with Gasteiger partial charge >= 0.3 is 0 Å².